The minimum absolute atomic E-state index is 0.0731. The number of rotatable bonds is 3. The van der Waals surface area contributed by atoms with Gasteiger partial charge in [-0.25, -0.2) is 19.3 Å². The van der Waals surface area contributed by atoms with E-state index in [1.807, 2.05) is 26.8 Å². The molecule has 0 amide bonds. The van der Waals surface area contributed by atoms with Crippen LogP contribution in [0.15, 0.2) is 42.9 Å². The molecule has 0 atom stereocenters. The fraction of sp³-hybridized carbons (Fsp3) is 0.211. The van der Waals surface area contributed by atoms with Gasteiger partial charge < -0.3 is 16.2 Å². The third-order valence-electron chi connectivity index (χ3n) is 3.90. The SMILES string of the molecule is CC(C)(C)c1ccc(-c2cnc(N)c(N)c2)c(F)c1Oc1ncccn1. The number of aromatic nitrogens is 3. The topological polar surface area (TPSA) is 99.9 Å². The first-order valence-corrected chi connectivity index (χ1v) is 8.06. The van der Waals surface area contributed by atoms with Crippen molar-refractivity contribution in [1.29, 1.82) is 0 Å². The van der Waals surface area contributed by atoms with Crippen molar-refractivity contribution in [2.24, 2.45) is 0 Å². The Morgan fingerprint density at radius 2 is 1.73 bits per heavy atom. The minimum atomic E-state index is -0.532. The zero-order valence-electron chi connectivity index (χ0n) is 14.8. The predicted octanol–water partition coefficient (Wildman–Crippen LogP) is 3.93. The van der Waals surface area contributed by atoms with Crippen molar-refractivity contribution in [3.05, 3.63) is 54.2 Å². The van der Waals surface area contributed by atoms with Crippen LogP contribution < -0.4 is 16.2 Å². The lowest BCUT2D eigenvalue weighted by Gasteiger charge is -2.23. The normalized spacial score (nSPS) is 11.4. The lowest BCUT2D eigenvalue weighted by molar-refractivity contribution is 0.394. The van der Waals surface area contributed by atoms with Gasteiger partial charge in [0, 0.05) is 35.3 Å². The predicted molar refractivity (Wildman–Crippen MR) is 99.3 cm³/mol. The first-order chi connectivity index (χ1) is 12.3. The Morgan fingerprint density at radius 3 is 2.35 bits per heavy atom. The van der Waals surface area contributed by atoms with E-state index in [-0.39, 0.29) is 28.7 Å². The number of halogens is 1. The zero-order valence-corrected chi connectivity index (χ0v) is 14.8. The van der Waals surface area contributed by atoms with E-state index in [1.165, 1.54) is 18.6 Å². The van der Waals surface area contributed by atoms with E-state index >= 15 is 4.39 Å². The number of hydrogen-bond acceptors (Lipinski definition) is 6. The first-order valence-electron chi connectivity index (χ1n) is 8.06. The molecule has 0 saturated heterocycles. The Bertz CT molecular complexity index is 939. The molecule has 0 aliphatic rings. The van der Waals surface area contributed by atoms with Crippen molar-refractivity contribution in [2.45, 2.75) is 26.2 Å². The fourth-order valence-electron chi connectivity index (χ4n) is 2.54. The van der Waals surface area contributed by atoms with E-state index in [2.05, 4.69) is 15.0 Å². The summed E-state index contributed by atoms with van der Waals surface area (Å²) in [6.07, 6.45) is 4.54. The summed E-state index contributed by atoms with van der Waals surface area (Å²) in [6.45, 7) is 5.93. The van der Waals surface area contributed by atoms with E-state index in [4.69, 9.17) is 16.2 Å². The maximum atomic E-state index is 15.4. The van der Waals surface area contributed by atoms with Crippen LogP contribution in [0.3, 0.4) is 0 Å². The van der Waals surface area contributed by atoms with Crippen molar-refractivity contribution in [3.8, 4) is 22.9 Å². The molecule has 7 heteroatoms. The van der Waals surface area contributed by atoms with Gasteiger partial charge in [0.05, 0.1) is 5.69 Å². The maximum Gasteiger partial charge on any atom is 0.321 e. The number of anilines is 2. The smallest absolute Gasteiger partial charge is 0.321 e. The molecule has 0 radical (unpaired) electrons. The molecule has 134 valence electrons. The Kier molecular flexibility index (Phi) is 4.46. The second-order valence-electron chi connectivity index (χ2n) is 6.89. The number of pyridine rings is 1. The van der Waals surface area contributed by atoms with Crippen molar-refractivity contribution in [2.75, 3.05) is 11.5 Å². The zero-order chi connectivity index (χ0) is 18.9. The molecular formula is C19H20FN5O. The average molecular weight is 353 g/mol. The molecule has 0 fully saturated rings. The summed E-state index contributed by atoms with van der Waals surface area (Å²) in [5.74, 6) is -0.248. The van der Waals surface area contributed by atoms with Gasteiger partial charge in [-0.15, -0.1) is 0 Å². The Labute approximate surface area is 151 Å². The van der Waals surface area contributed by atoms with Crippen LogP contribution in [0.25, 0.3) is 11.1 Å². The molecule has 2 heterocycles. The summed E-state index contributed by atoms with van der Waals surface area (Å²) < 4.78 is 21.1. The van der Waals surface area contributed by atoms with Crippen LogP contribution in [0.2, 0.25) is 0 Å². The third-order valence-corrected chi connectivity index (χ3v) is 3.90. The van der Waals surface area contributed by atoms with Crippen LogP contribution in [-0.2, 0) is 5.41 Å². The van der Waals surface area contributed by atoms with Crippen molar-refractivity contribution in [1.82, 2.24) is 15.0 Å². The molecule has 3 rings (SSSR count). The lowest BCUT2D eigenvalue weighted by atomic mass is 9.85. The van der Waals surface area contributed by atoms with Gasteiger partial charge in [0.2, 0.25) is 0 Å². The maximum absolute atomic E-state index is 15.4. The minimum Gasteiger partial charge on any atom is -0.421 e. The Balaban J connectivity index is 2.16. The monoisotopic (exact) mass is 353 g/mol. The highest BCUT2D eigenvalue weighted by Crippen LogP contribution is 2.40. The molecule has 0 bridgehead atoms. The lowest BCUT2D eigenvalue weighted by Crippen LogP contribution is -2.14. The van der Waals surface area contributed by atoms with Gasteiger partial charge in [-0.05, 0) is 17.5 Å². The van der Waals surface area contributed by atoms with Gasteiger partial charge in [-0.3, -0.25) is 0 Å². The molecule has 3 aromatic rings. The average Bonchev–Trinajstić information content (AvgIpc) is 2.59. The van der Waals surface area contributed by atoms with Crippen LogP contribution in [0.4, 0.5) is 15.9 Å². The van der Waals surface area contributed by atoms with Crippen molar-refractivity contribution in [3.63, 3.8) is 0 Å². The van der Waals surface area contributed by atoms with E-state index < -0.39 is 5.82 Å². The van der Waals surface area contributed by atoms with Crippen LogP contribution in [-0.4, -0.2) is 15.0 Å². The van der Waals surface area contributed by atoms with Crippen molar-refractivity contribution >= 4 is 11.5 Å². The highest BCUT2D eigenvalue weighted by Gasteiger charge is 2.25. The molecule has 6 nitrogen and oxygen atoms in total. The van der Waals surface area contributed by atoms with Crippen LogP contribution in [0.5, 0.6) is 11.8 Å². The van der Waals surface area contributed by atoms with Gasteiger partial charge in [-0.1, -0.05) is 32.9 Å². The number of hydrogen-bond donors (Lipinski definition) is 2. The van der Waals surface area contributed by atoms with Gasteiger partial charge in [0.1, 0.15) is 5.82 Å². The molecule has 0 saturated carbocycles. The third kappa shape index (κ3) is 3.42. The highest BCUT2D eigenvalue weighted by atomic mass is 19.1. The summed E-state index contributed by atoms with van der Waals surface area (Å²) in [7, 11) is 0. The molecule has 0 aliphatic carbocycles. The molecule has 0 spiro atoms. The standard InChI is InChI=1S/C19H20FN5O/c1-19(2,3)13-6-5-12(11-9-14(21)17(22)25-10-11)15(20)16(13)26-18-23-7-4-8-24-18/h4-10H,21H2,1-3H3,(H2,22,25). The van der Waals surface area contributed by atoms with Crippen molar-refractivity contribution < 1.29 is 9.13 Å². The van der Waals surface area contributed by atoms with E-state index in [0.29, 0.717) is 16.7 Å². The quantitative estimate of drug-likeness (QED) is 0.740. The van der Waals surface area contributed by atoms with Gasteiger partial charge >= 0.3 is 6.01 Å². The number of nitrogens with zero attached hydrogens (tertiary/aromatic N) is 3. The summed E-state index contributed by atoms with van der Waals surface area (Å²) in [5, 5.41) is 0. The van der Waals surface area contributed by atoms with Crippen LogP contribution in [0.1, 0.15) is 26.3 Å². The van der Waals surface area contributed by atoms with Crippen LogP contribution >= 0.6 is 0 Å². The molecule has 1 aromatic carbocycles. The fourth-order valence-corrected chi connectivity index (χ4v) is 2.54. The second-order valence-corrected chi connectivity index (χ2v) is 6.89. The summed E-state index contributed by atoms with van der Waals surface area (Å²) >= 11 is 0. The van der Waals surface area contributed by atoms with Gasteiger partial charge in [0.15, 0.2) is 11.6 Å². The molecular weight excluding hydrogens is 333 g/mol. The van der Waals surface area contributed by atoms with E-state index in [9.17, 15) is 0 Å². The molecule has 0 unspecified atom stereocenters. The molecule has 2 aromatic heterocycles. The number of nitrogens with two attached hydrogens (primary N) is 2. The Hall–Kier alpha value is -3.22. The summed E-state index contributed by atoms with van der Waals surface area (Å²) in [6, 6.07) is 6.82. The van der Waals surface area contributed by atoms with Gasteiger partial charge in [0.25, 0.3) is 0 Å². The van der Waals surface area contributed by atoms with E-state index in [0.717, 1.165) is 0 Å². The number of ether oxygens (including phenoxy) is 1. The summed E-state index contributed by atoms with van der Waals surface area (Å²) in [5.41, 5.74) is 12.9. The Morgan fingerprint density at radius 1 is 1.04 bits per heavy atom. The number of benzene rings is 1. The first kappa shape index (κ1) is 17.6. The summed E-state index contributed by atoms with van der Waals surface area (Å²) in [4.78, 5) is 12.0. The molecule has 0 aliphatic heterocycles. The highest BCUT2D eigenvalue weighted by molar-refractivity contribution is 5.73. The number of nitrogen functional groups attached to an aromatic ring is 2. The van der Waals surface area contributed by atoms with Crippen LogP contribution in [0, 0.1) is 5.82 Å². The van der Waals surface area contributed by atoms with E-state index in [1.54, 1.807) is 18.2 Å². The molecule has 26 heavy (non-hydrogen) atoms. The second kappa shape index (κ2) is 6.59. The largest absolute Gasteiger partial charge is 0.421 e. The van der Waals surface area contributed by atoms with Gasteiger partial charge in [-0.2, -0.15) is 0 Å². The molecule has 4 N–H and O–H groups in total.